The number of hydrogen-bond donors (Lipinski definition) is 4. The van der Waals surface area contributed by atoms with Crippen LogP contribution in [0.2, 0.25) is 0 Å². The van der Waals surface area contributed by atoms with Crippen molar-refractivity contribution in [3.63, 3.8) is 0 Å². The van der Waals surface area contributed by atoms with Gasteiger partial charge in [0.15, 0.2) is 5.82 Å². The fraction of sp³-hybridized carbons (Fsp3) is 0.382. The van der Waals surface area contributed by atoms with Crippen LogP contribution in [-0.4, -0.2) is 54.9 Å². The van der Waals surface area contributed by atoms with Crippen LogP contribution >= 0.6 is 0 Å². The quantitative estimate of drug-likeness (QED) is 0.206. The van der Waals surface area contributed by atoms with Crippen molar-refractivity contribution in [1.82, 2.24) is 25.0 Å². The lowest BCUT2D eigenvalue weighted by Gasteiger charge is -2.32. The number of phenols is 2. The smallest absolute Gasteiger partial charge is 0.348 e. The van der Waals surface area contributed by atoms with Gasteiger partial charge in [0, 0.05) is 24.6 Å². The van der Waals surface area contributed by atoms with Gasteiger partial charge in [0.2, 0.25) is 5.91 Å². The summed E-state index contributed by atoms with van der Waals surface area (Å²) >= 11 is 0. The number of likely N-dealkylation sites (tertiary alicyclic amines) is 1. The molecule has 0 spiro atoms. The number of benzene rings is 3. The molecule has 1 aliphatic rings. The van der Waals surface area contributed by atoms with E-state index in [0.717, 1.165) is 50.9 Å². The molecule has 43 heavy (non-hydrogen) atoms. The Labute approximate surface area is 252 Å². The molecule has 4 aromatic rings. The first-order chi connectivity index (χ1) is 20.7. The van der Waals surface area contributed by atoms with Crippen molar-refractivity contribution < 1.29 is 15.0 Å². The highest BCUT2D eigenvalue weighted by Crippen LogP contribution is 2.37. The van der Waals surface area contributed by atoms with Crippen LogP contribution in [0.3, 0.4) is 0 Å². The van der Waals surface area contributed by atoms with Gasteiger partial charge in [0.1, 0.15) is 11.5 Å². The summed E-state index contributed by atoms with van der Waals surface area (Å²) in [5, 5.41) is 30.7. The highest BCUT2D eigenvalue weighted by atomic mass is 16.3. The second kappa shape index (κ2) is 13.3. The fourth-order valence-electron chi connectivity index (χ4n) is 5.78. The molecular formula is C34H41N5O4. The Hall–Kier alpha value is -4.37. The molecule has 3 aromatic carbocycles. The van der Waals surface area contributed by atoms with Crippen molar-refractivity contribution in [3.05, 3.63) is 93.9 Å². The van der Waals surface area contributed by atoms with Crippen molar-refractivity contribution in [2.75, 3.05) is 13.1 Å². The average Bonchev–Trinajstić information content (AvgIpc) is 3.38. The molecule has 5 rings (SSSR count). The van der Waals surface area contributed by atoms with E-state index in [1.165, 1.54) is 16.2 Å². The lowest BCUT2D eigenvalue weighted by atomic mass is 9.95. The van der Waals surface area contributed by atoms with E-state index < -0.39 is 5.69 Å². The maximum absolute atomic E-state index is 12.9. The Balaban J connectivity index is 1.17. The Morgan fingerprint density at radius 2 is 1.67 bits per heavy atom. The summed E-state index contributed by atoms with van der Waals surface area (Å²) in [4.78, 5) is 28.0. The number of aromatic amines is 1. The van der Waals surface area contributed by atoms with Gasteiger partial charge in [0.25, 0.3) is 0 Å². The maximum Gasteiger partial charge on any atom is 0.348 e. The summed E-state index contributed by atoms with van der Waals surface area (Å²) in [6, 6.07) is 21.2. The molecule has 2 heterocycles. The first kappa shape index (κ1) is 30.1. The minimum atomic E-state index is -0.420. The number of carbonyl (C=O) groups excluding carboxylic acids is 1. The van der Waals surface area contributed by atoms with E-state index in [1.54, 1.807) is 6.07 Å². The summed E-state index contributed by atoms with van der Waals surface area (Å²) in [7, 11) is 0. The molecule has 0 radical (unpaired) electrons. The molecule has 9 nitrogen and oxygen atoms in total. The van der Waals surface area contributed by atoms with Crippen LogP contribution in [0.4, 0.5) is 0 Å². The van der Waals surface area contributed by atoms with Crippen molar-refractivity contribution in [2.45, 2.75) is 65.0 Å². The monoisotopic (exact) mass is 583 g/mol. The average molecular weight is 584 g/mol. The molecule has 1 saturated heterocycles. The number of piperidine rings is 1. The largest absolute Gasteiger partial charge is 0.508 e. The molecular weight excluding hydrogens is 542 g/mol. The fourth-order valence-corrected chi connectivity index (χ4v) is 5.78. The van der Waals surface area contributed by atoms with Gasteiger partial charge in [-0.1, -0.05) is 56.3 Å². The number of nitrogens with one attached hydrogen (secondary N) is 2. The van der Waals surface area contributed by atoms with E-state index in [2.05, 4.69) is 39.5 Å². The predicted molar refractivity (Wildman–Crippen MR) is 167 cm³/mol. The Morgan fingerprint density at radius 1 is 0.977 bits per heavy atom. The Kier molecular flexibility index (Phi) is 9.31. The minimum Gasteiger partial charge on any atom is -0.508 e. The second-order valence-electron chi connectivity index (χ2n) is 11.9. The third kappa shape index (κ3) is 7.17. The maximum atomic E-state index is 12.9. The van der Waals surface area contributed by atoms with Gasteiger partial charge in [-0.15, -0.1) is 0 Å². The van der Waals surface area contributed by atoms with E-state index in [-0.39, 0.29) is 41.1 Å². The van der Waals surface area contributed by atoms with Crippen LogP contribution in [0, 0.1) is 5.92 Å². The predicted octanol–water partition coefficient (Wildman–Crippen LogP) is 5.11. The van der Waals surface area contributed by atoms with E-state index in [4.69, 9.17) is 0 Å². The summed E-state index contributed by atoms with van der Waals surface area (Å²) < 4.78 is 1.42. The normalized spacial score (nSPS) is 15.1. The zero-order chi connectivity index (χ0) is 30.5. The van der Waals surface area contributed by atoms with Gasteiger partial charge in [0.05, 0.1) is 11.3 Å². The van der Waals surface area contributed by atoms with Crippen molar-refractivity contribution in [3.8, 4) is 28.6 Å². The zero-order valence-electron chi connectivity index (χ0n) is 25.1. The number of aromatic hydroxyl groups is 2. The van der Waals surface area contributed by atoms with Gasteiger partial charge in [-0.2, -0.15) is 5.10 Å². The van der Waals surface area contributed by atoms with Crippen LogP contribution in [0.1, 0.15) is 62.6 Å². The lowest BCUT2D eigenvalue weighted by molar-refractivity contribution is -0.127. The highest BCUT2D eigenvalue weighted by molar-refractivity contribution is 5.79. The molecule has 0 saturated carbocycles. The number of aromatic nitrogens is 3. The van der Waals surface area contributed by atoms with Gasteiger partial charge >= 0.3 is 5.69 Å². The van der Waals surface area contributed by atoms with Crippen LogP contribution in [0.15, 0.2) is 71.5 Å². The van der Waals surface area contributed by atoms with Crippen molar-refractivity contribution in [2.24, 2.45) is 5.92 Å². The van der Waals surface area contributed by atoms with Crippen LogP contribution in [0.5, 0.6) is 11.5 Å². The highest BCUT2D eigenvalue weighted by Gasteiger charge is 2.26. The molecule has 1 unspecified atom stereocenters. The molecule has 226 valence electrons. The van der Waals surface area contributed by atoms with Gasteiger partial charge < -0.3 is 15.5 Å². The number of aryl methyl sites for hydroxylation is 1. The standard InChI is InChI=1S/C34H41N5O4/c1-22(2)28-19-29(31(41)20-30(28)40)32-36-37-34(43)39(32)27-13-11-25(12-14-27)21-38-17-15-26(16-18-38)33(42)35-23(3)9-10-24-7-5-4-6-8-24/h4-8,11-14,19-20,22-23,26,40-41H,9-10,15-18,21H2,1-3H3,(H,35,42)(H,37,43). The summed E-state index contributed by atoms with van der Waals surface area (Å²) in [5.41, 5.74) is 3.61. The van der Waals surface area contributed by atoms with E-state index in [1.807, 2.05) is 56.3 Å². The topological polar surface area (TPSA) is 123 Å². The van der Waals surface area contributed by atoms with Crippen LogP contribution < -0.4 is 11.0 Å². The Bertz CT molecular complexity index is 1590. The number of hydrogen-bond acceptors (Lipinski definition) is 6. The first-order valence-corrected chi connectivity index (χ1v) is 15.1. The van der Waals surface area contributed by atoms with Crippen LogP contribution in [0.25, 0.3) is 17.1 Å². The Morgan fingerprint density at radius 3 is 2.35 bits per heavy atom. The molecule has 0 aliphatic carbocycles. The van der Waals surface area contributed by atoms with Crippen molar-refractivity contribution >= 4 is 5.91 Å². The van der Waals surface area contributed by atoms with Crippen molar-refractivity contribution in [1.29, 1.82) is 0 Å². The second-order valence-corrected chi connectivity index (χ2v) is 11.9. The van der Waals surface area contributed by atoms with E-state index in [9.17, 15) is 19.8 Å². The van der Waals surface area contributed by atoms with E-state index >= 15 is 0 Å². The number of amides is 1. The first-order valence-electron chi connectivity index (χ1n) is 15.1. The lowest BCUT2D eigenvalue weighted by Crippen LogP contribution is -2.43. The molecule has 1 aliphatic heterocycles. The SMILES string of the molecule is CC(CCc1ccccc1)NC(=O)C1CCN(Cc2ccc(-n3c(-c4cc(C(C)C)c(O)cc4O)n[nH]c3=O)cc2)CC1. The zero-order valence-corrected chi connectivity index (χ0v) is 25.1. The number of phenolic OH excluding ortho intramolecular Hbond substituents is 2. The summed E-state index contributed by atoms with van der Waals surface area (Å²) in [6.45, 7) is 8.42. The van der Waals surface area contributed by atoms with Gasteiger partial charge in [-0.3, -0.25) is 9.69 Å². The summed E-state index contributed by atoms with van der Waals surface area (Å²) in [5.74, 6) is 0.334. The minimum absolute atomic E-state index is 0.00286. The molecule has 9 heteroatoms. The molecule has 4 N–H and O–H groups in total. The summed E-state index contributed by atoms with van der Waals surface area (Å²) in [6.07, 6.45) is 3.54. The van der Waals surface area contributed by atoms with Gasteiger partial charge in [-0.25, -0.2) is 14.5 Å². The molecule has 0 bridgehead atoms. The molecule has 1 fully saturated rings. The number of rotatable bonds is 10. The van der Waals surface area contributed by atoms with Gasteiger partial charge in [-0.05, 0) is 86.5 Å². The molecule has 1 atom stereocenters. The molecule has 1 amide bonds. The number of nitrogens with zero attached hydrogens (tertiary/aromatic N) is 3. The number of H-pyrrole nitrogens is 1. The third-order valence-corrected chi connectivity index (χ3v) is 8.34. The molecule has 1 aromatic heterocycles. The van der Waals surface area contributed by atoms with Crippen LogP contribution in [-0.2, 0) is 17.8 Å². The van der Waals surface area contributed by atoms with E-state index in [0.29, 0.717) is 16.8 Å². The third-order valence-electron chi connectivity index (χ3n) is 8.34. The number of carbonyl (C=O) groups is 1.